The largest absolute Gasteiger partial charge is 0.467 e. The number of hydrogen-bond acceptors (Lipinski definition) is 4. The molecule has 0 radical (unpaired) electrons. The molecule has 1 saturated carbocycles. The van der Waals surface area contributed by atoms with E-state index in [2.05, 4.69) is 15.5 Å². The number of carbonyl (C=O) groups is 2. The predicted octanol–water partition coefficient (Wildman–Crippen LogP) is 2.44. The van der Waals surface area contributed by atoms with E-state index in [9.17, 15) is 9.59 Å². The third kappa shape index (κ3) is 3.52. The number of rotatable bonds is 5. The number of piperidine rings is 1. The molecule has 2 fully saturated rings. The van der Waals surface area contributed by atoms with Crippen molar-refractivity contribution in [1.82, 2.24) is 20.4 Å². The number of nitrogens with one attached hydrogen (secondary N) is 2. The van der Waals surface area contributed by atoms with Gasteiger partial charge in [-0.1, -0.05) is 6.42 Å². The number of aromatic amines is 1. The summed E-state index contributed by atoms with van der Waals surface area (Å²) in [6.07, 6.45) is 6.69. The maximum Gasteiger partial charge on any atom is 0.272 e. The Morgan fingerprint density at radius 1 is 1.27 bits per heavy atom. The van der Waals surface area contributed by atoms with Crippen LogP contribution in [0.4, 0.5) is 0 Å². The Bertz CT molecular complexity index is 756. The first-order valence-corrected chi connectivity index (χ1v) is 9.35. The average Bonchev–Trinajstić information content (AvgIpc) is 3.30. The fourth-order valence-electron chi connectivity index (χ4n) is 3.66. The molecule has 4 rings (SSSR count). The Kier molecular flexibility index (Phi) is 4.77. The van der Waals surface area contributed by atoms with E-state index in [0.29, 0.717) is 29.8 Å². The molecule has 0 unspecified atom stereocenters. The van der Waals surface area contributed by atoms with Crippen LogP contribution in [0.1, 0.15) is 60.0 Å². The van der Waals surface area contributed by atoms with Crippen LogP contribution in [0, 0.1) is 5.92 Å². The van der Waals surface area contributed by atoms with E-state index in [0.717, 1.165) is 44.5 Å². The smallest absolute Gasteiger partial charge is 0.272 e. The number of aromatic nitrogens is 2. The lowest BCUT2D eigenvalue weighted by molar-refractivity contribution is -0.139. The van der Waals surface area contributed by atoms with E-state index < -0.39 is 0 Å². The summed E-state index contributed by atoms with van der Waals surface area (Å²) < 4.78 is 5.20. The summed E-state index contributed by atoms with van der Waals surface area (Å²) in [7, 11) is 0. The molecule has 0 aromatic carbocycles. The molecule has 3 heterocycles. The van der Waals surface area contributed by atoms with Gasteiger partial charge in [-0.25, -0.2) is 0 Å². The molecular formula is C19H24N4O3. The Labute approximate surface area is 152 Å². The summed E-state index contributed by atoms with van der Waals surface area (Å²) in [6, 6.07) is 5.43. The zero-order chi connectivity index (χ0) is 17.9. The lowest BCUT2D eigenvalue weighted by atomic mass is 9.83. The molecule has 7 heteroatoms. The van der Waals surface area contributed by atoms with Gasteiger partial charge in [0, 0.05) is 30.6 Å². The number of likely N-dealkylation sites (tertiary alicyclic amines) is 1. The lowest BCUT2D eigenvalue weighted by Crippen LogP contribution is -2.43. The van der Waals surface area contributed by atoms with Crippen LogP contribution in [0.15, 0.2) is 28.9 Å². The maximum absolute atomic E-state index is 12.3. The van der Waals surface area contributed by atoms with Gasteiger partial charge in [0.2, 0.25) is 5.91 Å². The van der Waals surface area contributed by atoms with E-state index in [1.807, 2.05) is 17.0 Å². The van der Waals surface area contributed by atoms with Crippen molar-refractivity contribution >= 4 is 11.8 Å². The number of furan rings is 1. The van der Waals surface area contributed by atoms with Crippen LogP contribution in [0.2, 0.25) is 0 Å². The summed E-state index contributed by atoms with van der Waals surface area (Å²) in [5, 5.41) is 9.95. The van der Waals surface area contributed by atoms with Crippen LogP contribution in [-0.2, 0) is 11.3 Å². The Balaban J connectivity index is 1.29. The van der Waals surface area contributed by atoms with Gasteiger partial charge in [0.1, 0.15) is 11.5 Å². The molecule has 7 nitrogen and oxygen atoms in total. The van der Waals surface area contributed by atoms with E-state index in [1.165, 1.54) is 6.42 Å². The van der Waals surface area contributed by atoms with Gasteiger partial charge >= 0.3 is 0 Å². The van der Waals surface area contributed by atoms with Crippen molar-refractivity contribution in [2.24, 2.45) is 5.92 Å². The molecule has 0 atom stereocenters. The van der Waals surface area contributed by atoms with Crippen LogP contribution in [0.25, 0.3) is 0 Å². The van der Waals surface area contributed by atoms with Gasteiger partial charge in [-0.2, -0.15) is 5.10 Å². The number of hydrogen-bond donors (Lipinski definition) is 2. The van der Waals surface area contributed by atoms with E-state index >= 15 is 0 Å². The van der Waals surface area contributed by atoms with Crippen molar-refractivity contribution in [3.63, 3.8) is 0 Å². The highest BCUT2D eigenvalue weighted by Crippen LogP contribution is 2.32. The van der Waals surface area contributed by atoms with Gasteiger partial charge in [0.25, 0.3) is 5.91 Å². The van der Waals surface area contributed by atoms with E-state index in [1.54, 1.807) is 12.3 Å². The van der Waals surface area contributed by atoms with Crippen molar-refractivity contribution in [2.45, 2.75) is 44.6 Å². The van der Waals surface area contributed by atoms with Gasteiger partial charge in [0.05, 0.1) is 12.8 Å². The van der Waals surface area contributed by atoms with Crippen LogP contribution in [0.3, 0.4) is 0 Å². The highest BCUT2D eigenvalue weighted by molar-refractivity contribution is 5.92. The summed E-state index contributed by atoms with van der Waals surface area (Å²) in [5.41, 5.74) is 1.36. The Hall–Kier alpha value is -2.57. The van der Waals surface area contributed by atoms with Gasteiger partial charge < -0.3 is 14.6 Å². The van der Waals surface area contributed by atoms with Gasteiger partial charge in [0.15, 0.2) is 0 Å². The quantitative estimate of drug-likeness (QED) is 0.861. The highest BCUT2D eigenvalue weighted by atomic mass is 16.3. The summed E-state index contributed by atoms with van der Waals surface area (Å²) in [6.45, 7) is 1.92. The summed E-state index contributed by atoms with van der Waals surface area (Å²) in [4.78, 5) is 26.5. The van der Waals surface area contributed by atoms with Crippen molar-refractivity contribution in [2.75, 3.05) is 13.1 Å². The molecule has 2 aromatic rings. The molecule has 0 spiro atoms. The first-order chi connectivity index (χ1) is 12.7. The molecular weight excluding hydrogens is 332 g/mol. The molecule has 2 N–H and O–H groups in total. The molecule has 1 saturated heterocycles. The zero-order valence-electron chi connectivity index (χ0n) is 14.7. The second-order valence-electron chi connectivity index (χ2n) is 7.20. The molecule has 0 bridgehead atoms. The molecule has 2 aliphatic rings. The van der Waals surface area contributed by atoms with Gasteiger partial charge in [-0.3, -0.25) is 14.7 Å². The fraction of sp³-hybridized carbons (Fsp3) is 0.526. The fourth-order valence-corrected chi connectivity index (χ4v) is 3.66. The topological polar surface area (TPSA) is 91.2 Å². The van der Waals surface area contributed by atoms with Crippen molar-refractivity contribution in [1.29, 1.82) is 0 Å². The Morgan fingerprint density at radius 2 is 2.08 bits per heavy atom. The Morgan fingerprint density at radius 3 is 2.73 bits per heavy atom. The number of amides is 2. The maximum atomic E-state index is 12.3. The first-order valence-electron chi connectivity index (χ1n) is 9.35. The standard InChI is InChI=1S/C19H24N4O3/c24-18(20-12-15-5-2-10-26-15)17-11-16(21-22-17)13-6-8-23(9-7-13)19(25)14-3-1-4-14/h2,5,10-11,13-14H,1,3-4,6-9,12H2,(H,20,24)(H,21,22). The third-order valence-corrected chi connectivity index (χ3v) is 5.53. The third-order valence-electron chi connectivity index (χ3n) is 5.53. The SMILES string of the molecule is O=C(NCc1ccco1)c1cc(C2CCN(C(=O)C3CCC3)CC2)[nH]n1. The van der Waals surface area contributed by atoms with Crippen molar-refractivity contribution < 1.29 is 14.0 Å². The summed E-state index contributed by atoms with van der Waals surface area (Å²) in [5.74, 6) is 1.40. The molecule has 1 aliphatic heterocycles. The van der Waals surface area contributed by atoms with Crippen molar-refractivity contribution in [3.05, 3.63) is 41.6 Å². The molecule has 138 valence electrons. The number of carbonyl (C=O) groups excluding carboxylic acids is 2. The first kappa shape index (κ1) is 16.9. The molecule has 2 amide bonds. The van der Waals surface area contributed by atoms with Crippen LogP contribution >= 0.6 is 0 Å². The molecule has 26 heavy (non-hydrogen) atoms. The minimum Gasteiger partial charge on any atom is -0.467 e. The average molecular weight is 356 g/mol. The molecule has 1 aliphatic carbocycles. The van der Waals surface area contributed by atoms with Gasteiger partial charge in [-0.15, -0.1) is 0 Å². The minimum absolute atomic E-state index is 0.221. The van der Waals surface area contributed by atoms with Crippen molar-refractivity contribution in [3.8, 4) is 0 Å². The second-order valence-corrected chi connectivity index (χ2v) is 7.20. The van der Waals surface area contributed by atoms with Crippen LogP contribution in [0.5, 0.6) is 0 Å². The number of nitrogens with zero attached hydrogens (tertiary/aromatic N) is 2. The molecule has 2 aromatic heterocycles. The van der Waals surface area contributed by atoms with Gasteiger partial charge in [-0.05, 0) is 43.9 Å². The van der Waals surface area contributed by atoms with E-state index in [-0.39, 0.29) is 11.8 Å². The minimum atomic E-state index is -0.221. The zero-order valence-corrected chi connectivity index (χ0v) is 14.7. The second kappa shape index (κ2) is 7.35. The monoisotopic (exact) mass is 356 g/mol. The summed E-state index contributed by atoms with van der Waals surface area (Å²) >= 11 is 0. The highest BCUT2D eigenvalue weighted by Gasteiger charge is 2.32. The predicted molar refractivity (Wildman–Crippen MR) is 94.4 cm³/mol. The van der Waals surface area contributed by atoms with Crippen LogP contribution in [-0.4, -0.2) is 40.0 Å². The lowest BCUT2D eigenvalue weighted by Gasteiger charge is -2.36. The normalized spacial score (nSPS) is 18.5. The van der Waals surface area contributed by atoms with E-state index in [4.69, 9.17) is 4.42 Å². The number of H-pyrrole nitrogens is 1. The van der Waals surface area contributed by atoms with Crippen LogP contribution < -0.4 is 5.32 Å².